The van der Waals surface area contributed by atoms with Crippen molar-refractivity contribution in [2.24, 2.45) is 5.92 Å². The van der Waals surface area contributed by atoms with Crippen LogP contribution in [-0.2, 0) is 19.3 Å². The van der Waals surface area contributed by atoms with Crippen molar-refractivity contribution >= 4 is 27.5 Å². The highest BCUT2D eigenvalue weighted by Gasteiger charge is 2.19. The molecular weight excluding hydrogens is 424 g/mol. The quantitative estimate of drug-likeness (QED) is 0.331. The van der Waals surface area contributed by atoms with Crippen LogP contribution in [0.4, 0.5) is 5.95 Å². The van der Waals surface area contributed by atoms with Gasteiger partial charge in [0.15, 0.2) is 0 Å². The first-order valence-electron chi connectivity index (χ1n) is 12.2. The van der Waals surface area contributed by atoms with Crippen molar-refractivity contribution in [1.82, 2.24) is 15.0 Å². The lowest BCUT2D eigenvalue weighted by Crippen LogP contribution is -2.26. The third kappa shape index (κ3) is 5.59. The number of fused-ring (bicyclic) bond motifs is 1. The Bertz CT molecular complexity index is 1210. The summed E-state index contributed by atoms with van der Waals surface area (Å²) in [7, 11) is 0. The minimum absolute atomic E-state index is 0.468. The molecule has 1 fully saturated rings. The average molecular weight is 457 g/mol. The van der Waals surface area contributed by atoms with Crippen molar-refractivity contribution in [1.29, 1.82) is 0 Å². The predicted molar refractivity (Wildman–Crippen MR) is 138 cm³/mol. The molecule has 4 nitrogen and oxygen atoms in total. The average Bonchev–Trinajstić information content (AvgIpc) is 3.22. The van der Waals surface area contributed by atoms with E-state index in [1.165, 1.54) is 41.5 Å². The minimum atomic E-state index is 0.468. The lowest BCUT2D eigenvalue weighted by molar-refractivity contribution is 0.360. The normalized spacial score (nSPS) is 18.5. The number of thiazole rings is 1. The molecule has 2 aromatic carbocycles. The van der Waals surface area contributed by atoms with Crippen LogP contribution >= 0.6 is 11.3 Å². The van der Waals surface area contributed by atoms with E-state index in [1.54, 1.807) is 11.3 Å². The van der Waals surface area contributed by atoms with Crippen LogP contribution in [0.1, 0.15) is 67.1 Å². The van der Waals surface area contributed by atoms with Crippen LogP contribution in [0, 0.1) is 5.92 Å². The summed E-state index contributed by atoms with van der Waals surface area (Å²) in [5, 5.41) is 4.77. The number of nitrogens with zero attached hydrogens (tertiary/aromatic N) is 3. The fourth-order valence-corrected chi connectivity index (χ4v) is 5.71. The Morgan fingerprint density at radius 3 is 2.36 bits per heavy atom. The molecule has 170 valence electrons. The zero-order valence-electron chi connectivity index (χ0n) is 19.6. The maximum Gasteiger partial charge on any atom is 0.223 e. The molecule has 0 radical (unpaired) electrons. The summed E-state index contributed by atoms with van der Waals surface area (Å²) in [4.78, 5) is 14.7. The summed E-state index contributed by atoms with van der Waals surface area (Å²) in [5.41, 5.74) is 5.81. The third-order valence-corrected chi connectivity index (χ3v) is 7.67. The summed E-state index contributed by atoms with van der Waals surface area (Å²) < 4.78 is 1.26. The van der Waals surface area contributed by atoms with Gasteiger partial charge in [-0.05, 0) is 67.3 Å². The van der Waals surface area contributed by atoms with E-state index in [9.17, 15) is 0 Å². The van der Waals surface area contributed by atoms with Gasteiger partial charge in [0.05, 0.1) is 26.6 Å². The highest BCUT2D eigenvalue weighted by molar-refractivity contribution is 7.18. The fraction of sp³-hybridized carbons (Fsp3) is 0.393. The number of hydrogen-bond donors (Lipinski definition) is 1. The second kappa shape index (κ2) is 10.0. The van der Waals surface area contributed by atoms with E-state index in [0.29, 0.717) is 6.04 Å². The molecule has 1 saturated carbocycles. The summed E-state index contributed by atoms with van der Waals surface area (Å²) in [6.45, 7) is 4.55. The Morgan fingerprint density at radius 2 is 1.61 bits per heavy atom. The number of nitrogens with one attached hydrogen (secondary N) is 1. The number of aryl methyl sites for hydroxylation is 1. The monoisotopic (exact) mass is 456 g/mol. The van der Waals surface area contributed by atoms with Crippen LogP contribution in [0.5, 0.6) is 0 Å². The first-order valence-corrected chi connectivity index (χ1v) is 13.0. The van der Waals surface area contributed by atoms with Crippen LogP contribution < -0.4 is 5.32 Å². The van der Waals surface area contributed by atoms with E-state index in [-0.39, 0.29) is 0 Å². The van der Waals surface area contributed by atoms with E-state index in [1.807, 2.05) is 0 Å². The summed E-state index contributed by atoms with van der Waals surface area (Å²) >= 11 is 1.78. The number of hydrogen-bond acceptors (Lipinski definition) is 5. The Kier molecular flexibility index (Phi) is 6.68. The van der Waals surface area contributed by atoms with Crippen molar-refractivity contribution in [3.8, 4) is 0 Å². The zero-order valence-corrected chi connectivity index (χ0v) is 20.4. The van der Waals surface area contributed by atoms with Crippen LogP contribution in [-0.4, -0.2) is 21.0 Å². The molecule has 2 heterocycles. The van der Waals surface area contributed by atoms with Crippen molar-refractivity contribution < 1.29 is 0 Å². The zero-order chi connectivity index (χ0) is 22.6. The molecular formula is C28H32N4S. The molecule has 0 amide bonds. The Hall–Kier alpha value is -2.79. The predicted octanol–water partition coefficient (Wildman–Crippen LogP) is 6.82. The number of benzene rings is 2. The van der Waals surface area contributed by atoms with Gasteiger partial charge in [0.1, 0.15) is 0 Å². The Morgan fingerprint density at radius 1 is 0.848 bits per heavy atom. The SMILES string of the molecule is CCc1ccc2nc(Cc3cc(Cc4ccccc4)nc(NC4CCC(C)CC4)n3)sc2c1. The molecule has 0 aliphatic heterocycles. The minimum Gasteiger partial charge on any atom is -0.351 e. The fourth-order valence-electron chi connectivity index (χ4n) is 4.66. The number of aromatic nitrogens is 3. The van der Waals surface area contributed by atoms with Crippen molar-refractivity contribution in [2.45, 2.75) is 64.8 Å². The van der Waals surface area contributed by atoms with Gasteiger partial charge >= 0.3 is 0 Å². The molecule has 1 N–H and O–H groups in total. The molecule has 0 atom stereocenters. The topological polar surface area (TPSA) is 50.7 Å². The van der Waals surface area contributed by atoms with Gasteiger partial charge in [0, 0.05) is 18.9 Å². The van der Waals surface area contributed by atoms with Crippen LogP contribution in [0.25, 0.3) is 10.2 Å². The highest BCUT2D eigenvalue weighted by Crippen LogP contribution is 2.27. The molecule has 0 spiro atoms. The first-order chi connectivity index (χ1) is 16.1. The molecule has 0 bridgehead atoms. The lowest BCUT2D eigenvalue weighted by atomic mass is 9.87. The highest BCUT2D eigenvalue weighted by atomic mass is 32.1. The summed E-state index contributed by atoms with van der Waals surface area (Å²) in [6.07, 6.45) is 7.54. The van der Waals surface area contributed by atoms with Crippen LogP contribution in [0.3, 0.4) is 0 Å². The Balaban J connectivity index is 1.41. The number of anilines is 1. The van der Waals surface area contributed by atoms with Gasteiger partial charge in [-0.3, -0.25) is 0 Å². The van der Waals surface area contributed by atoms with Crippen molar-refractivity contribution in [2.75, 3.05) is 5.32 Å². The standard InChI is InChI=1S/C28H32N4S/c1-3-20-11-14-25-26(16-20)33-27(32-25)18-24-17-23(15-21-7-5-4-6-8-21)30-28(31-24)29-22-12-9-19(2)10-13-22/h4-8,11,14,16-17,19,22H,3,9-10,12-13,15,18H2,1-2H3,(H,29,30,31). The molecule has 2 aromatic heterocycles. The maximum absolute atomic E-state index is 4.93. The largest absolute Gasteiger partial charge is 0.351 e. The molecule has 1 aliphatic rings. The van der Waals surface area contributed by atoms with Crippen LogP contribution in [0.15, 0.2) is 54.6 Å². The van der Waals surface area contributed by atoms with Crippen molar-refractivity contribution in [3.63, 3.8) is 0 Å². The van der Waals surface area contributed by atoms with Gasteiger partial charge < -0.3 is 5.32 Å². The Labute approximate surface area is 200 Å². The van der Waals surface area contributed by atoms with Gasteiger partial charge in [0.2, 0.25) is 5.95 Å². The van der Waals surface area contributed by atoms with Gasteiger partial charge in [-0.25, -0.2) is 15.0 Å². The van der Waals surface area contributed by atoms with Gasteiger partial charge in [-0.1, -0.05) is 50.2 Å². The van der Waals surface area contributed by atoms with E-state index >= 15 is 0 Å². The summed E-state index contributed by atoms with van der Waals surface area (Å²) in [5.74, 6) is 1.60. The second-order valence-electron chi connectivity index (χ2n) is 9.38. The molecule has 0 unspecified atom stereocenters. The smallest absolute Gasteiger partial charge is 0.223 e. The first kappa shape index (κ1) is 22.0. The van der Waals surface area contributed by atoms with Gasteiger partial charge in [-0.15, -0.1) is 11.3 Å². The van der Waals surface area contributed by atoms with E-state index in [4.69, 9.17) is 15.0 Å². The molecule has 4 aromatic rings. The molecule has 1 aliphatic carbocycles. The number of rotatable bonds is 7. The lowest BCUT2D eigenvalue weighted by Gasteiger charge is -2.27. The van der Waals surface area contributed by atoms with Crippen molar-refractivity contribution in [3.05, 3.63) is 82.1 Å². The van der Waals surface area contributed by atoms with E-state index in [2.05, 4.69) is 73.8 Å². The molecule has 33 heavy (non-hydrogen) atoms. The van der Waals surface area contributed by atoms with Gasteiger partial charge in [0.25, 0.3) is 0 Å². The van der Waals surface area contributed by atoms with Gasteiger partial charge in [-0.2, -0.15) is 0 Å². The second-order valence-corrected chi connectivity index (χ2v) is 10.5. The van der Waals surface area contributed by atoms with E-state index < -0.39 is 0 Å². The van der Waals surface area contributed by atoms with Crippen LogP contribution in [0.2, 0.25) is 0 Å². The molecule has 0 saturated heterocycles. The molecule has 5 heteroatoms. The summed E-state index contributed by atoms with van der Waals surface area (Å²) in [6, 6.07) is 19.8. The maximum atomic E-state index is 4.93. The molecule has 5 rings (SSSR count). The van der Waals surface area contributed by atoms with E-state index in [0.717, 1.165) is 53.0 Å². The third-order valence-electron chi connectivity index (χ3n) is 6.65.